The molecule has 5 N–H and O–H groups in total. The zero-order chi connectivity index (χ0) is 15.2. The molecule has 0 fully saturated rings. The van der Waals surface area contributed by atoms with Crippen molar-refractivity contribution in [3.63, 3.8) is 0 Å². The van der Waals surface area contributed by atoms with Crippen molar-refractivity contribution in [3.05, 3.63) is 42.2 Å². The SMILES string of the molecule is NC(N)=NCCNC(=O)C(=O)c1cccc2cnccc12. The number of amides is 1. The number of hydrogen-bond donors (Lipinski definition) is 3. The van der Waals surface area contributed by atoms with Crippen LogP contribution in [0.15, 0.2) is 41.7 Å². The first-order valence-corrected chi connectivity index (χ1v) is 6.30. The van der Waals surface area contributed by atoms with Gasteiger partial charge in [0.15, 0.2) is 5.96 Å². The molecule has 2 aromatic rings. The lowest BCUT2D eigenvalue weighted by atomic mass is 10.0. The van der Waals surface area contributed by atoms with Crippen molar-refractivity contribution in [2.45, 2.75) is 0 Å². The quantitative estimate of drug-likeness (QED) is 0.231. The maximum atomic E-state index is 12.2. The average Bonchev–Trinajstić information content (AvgIpc) is 2.50. The van der Waals surface area contributed by atoms with Gasteiger partial charge in [0.05, 0.1) is 6.54 Å². The topological polar surface area (TPSA) is 123 Å². The van der Waals surface area contributed by atoms with E-state index in [0.717, 1.165) is 5.39 Å². The molecule has 1 heterocycles. The second-order valence-corrected chi connectivity index (χ2v) is 4.29. The van der Waals surface area contributed by atoms with Gasteiger partial charge in [-0.25, -0.2) is 0 Å². The Hall–Kier alpha value is -2.96. The van der Waals surface area contributed by atoms with E-state index in [1.165, 1.54) is 0 Å². The number of ketones is 1. The molecule has 2 rings (SSSR count). The summed E-state index contributed by atoms with van der Waals surface area (Å²) < 4.78 is 0. The van der Waals surface area contributed by atoms with Crippen molar-refractivity contribution >= 4 is 28.4 Å². The number of nitrogens with one attached hydrogen (secondary N) is 1. The van der Waals surface area contributed by atoms with Crippen LogP contribution in [0.25, 0.3) is 10.8 Å². The van der Waals surface area contributed by atoms with Crippen molar-refractivity contribution in [2.24, 2.45) is 16.5 Å². The number of carbonyl (C=O) groups excluding carboxylic acids is 2. The average molecular weight is 285 g/mol. The summed E-state index contributed by atoms with van der Waals surface area (Å²) in [5.41, 5.74) is 10.7. The number of guanidine groups is 1. The lowest BCUT2D eigenvalue weighted by Crippen LogP contribution is -2.33. The molecule has 0 atom stereocenters. The number of fused-ring (bicyclic) bond motifs is 1. The molecule has 7 heteroatoms. The fourth-order valence-corrected chi connectivity index (χ4v) is 1.88. The van der Waals surface area contributed by atoms with E-state index in [9.17, 15) is 9.59 Å². The van der Waals surface area contributed by atoms with E-state index in [-0.39, 0.29) is 19.0 Å². The number of nitrogens with two attached hydrogens (primary N) is 2. The predicted molar refractivity (Wildman–Crippen MR) is 79.8 cm³/mol. The molecule has 0 aliphatic heterocycles. The molecule has 0 saturated carbocycles. The van der Waals surface area contributed by atoms with E-state index >= 15 is 0 Å². The van der Waals surface area contributed by atoms with Gasteiger partial charge in [0.2, 0.25) is 0 Å². The van der Waals surface area contributed by atoms with Crippen molar-refractivity contribution in [1.82, 2.24) is 10.3 Å². The van der Waals surface area contributed by atoms with Crippen molar-refractivity contribution in [3.8, 4) is 0 Å². The molecule has 0 unspecified atom stereocenters. The molecular formula is C14H15N5O2. The minimum atomic E-state index is -0.690. The molecule has 0 spiro atoms. The first kappa shape index (κ1) is 14.4. The van der Waals surface area contributed by atoms with E-state index < -0.39 is 11.7 Å². The standard InChI is InChI=1S/C14H15N5O2/c15-14(16)19-7-6-18-13(21)12(20)11-3-1-2-9-8-17-5-4-10(9)11/h1-5,8H,6-7H2,(H,18,21)(H4,15,16,19). The lowest BCUT2D eigenvalue weighted by molar-refractivity contribution is -0.116. The van der Waals surface area contributed by atoms with Gasteiger partial charge in [-0.15, -0.1) is 0 Å². The Morgan fingerprint density at radius 2 is 2.05 bits per heavy atom. The maximum Gasteiger partial charge on any atom is 0.292 e. The fourth-order valence-electron chi connectivity index (χ4n) is 1.88. The normalized spacial score (nSPS) is 10.1. The van der Waals surface area contributed by atoms with E-state index in [2.05, 4.69) is 15.3 Å². The molecule has 0 aliphatic carbocycles. The van der Waals surface area contributed by atoms with Crippen LogP contribution in [-0.4, -0.2) is 35.7 Å². The highest BCUT2D eigenvalue weighted by Crippen LogP contribution is 2.17. The monoisotopic (exact) mass is 285 g/mol. The molecule has 0 radical (unpaired) electrons. The van der Waals surface area contributed by atoms with Crippen molar-refractivity contribution in [1.29, 1.82) is 0 Å². The maximum absolute atomic E-state index is 12.2. The Morgan fingerprint density at radius 1 is 1.24 bits per heavy atom. The Balaban J connectivity index is 2.11. The first-order valence-electron chi connectivity index (χ1n) is 6.30. The van der Waals surface area contributed by atoms with Gasteiger partial charge in [0.25, 0.3) is 11.7 Å². The van der Waals surface area contributed by atoms with Gasteiger partial charge in [-0.2, -0.15) is 0 Å². The number of carbonyl (C=O) groups is 2. The number of nitrogens with zero attached hydrogens (tertiary/aromatic N) is 2. The van der Waals surface area contributed by atoms with Gasteiger partial charge in [-0.3, -0.25) is 19.6 Å². The summed E-state index contributed by atoms with van der Waals surface area (Å²) in [4.78, 5) is 31.7. The third-order valence-electron chi connectivity index (χ3n) is 2.82. The number of hydrogen-bond acceptors (Lipinski definition) is 4. The summed E-state index contributed by atoms with van der Waals surface area (Å²) in [5, 5.41) is 3.97. The number of rotatable bonds is 5. The van der Waals surface area contributed by atoms with Crippen LogP contribution in [0.1, 0.15) is 10.4 Å². The van der Waals surface area contributed by atoms with Gasteiger partial charge in [-0.05, 0) is 11.5 Å². The summed E-state index contributed by atoms with van der Waals surface area (Å²) in [6, 6.07) is 6.86. The second kappa shape index (κ2) is 6.47. The van der Waals surface area contributed by atoms with Crippen molar-refractivity contribution in [2.75, 3.05) is 13.1 Å². The molecule has 1 amide bonds. The van der Waals surface area contributed by atoms with Crippen LogP contribution >= 0.6 is 0 Å². The highest BCUT2D eigenvalue weighted by atomic mass is 16.2. The molecular weight excluding hydrogens is 270 g/mol. The fraction of sp³-hybridized carbons (Fsp3) is 0.143. The predicted octanol–water partition coefficient (Wildman–Crippen LogP) is -0.193. The van der Waals surface area contributed by atoms with Crippen LogP contribution in [0.2, 0.25) is 0 Å². The summed E-state index contributed by atoms with van der Waals surface area (Å²) in [6.07, 6.45) is 3.22. The molecule has 1 aromatic heterocycles. The zero-order valence-corrected chi connectivity index (χ0v) is 11.2. The number of aromatic nitrogens is 1. The van der Waals surface area contributed by atoms with Gasteiger partial charge in [0, 0.05) is 29.9 Å². The molecule has 0 saturated heterocycles. The lowest BCUT2D eigenvalue weighted by Gasteiger charge is -2.06. The van der Waals surface area contributed by atoms with Crippen LogP contribution in [0.3, 0.4) is 0 Å². The van der Waals surface area contributed by atoms with Crippen LogP contribution < -0.4 is 16.8 Å². The Bertz CT molecular complexity index is 702. The summed E-state index contributed by atoms with van der Waals surface area (Å²) in [5.74, 6) is -1.35. The molecule has 0 aliphatic rings. The van der Waals surface area contributed by atoms with Gasteiger partial charge < -0.3 is 16.8 Å². The Morgan fingerprint density at radius 3 is 2.81 bits per heavy atom. The number of Topliss-reactive ketones (excluding diaryl/α,β-unsaturated/α-hetero) is 1. The van der Waals surface area contributed by atoms with E-state index in [0.29, 0.717) is 10.9 Å². The molecule has 7 nitrogen and oxygen atoms in total. The van der Waals surface area contributed by atoms with E-state index in [4.69, 9.17) is 11.5 Å². The third kappa shape index (κ3) is 3.53. The Labute approximate surface area is 121 Å². The Kier molecular flexibility index (Phi) is 4.45. The number of benzene rings is 1. The van der Waals surface area contributed by atoms with Gasteiger partial charge >= 0.3 is 0 Å². The number of aliphatic imine (C=N–C) groups is 1. The third-order valence-corrected chi connectivity index (χ3v) is 2.82. The molecule has 1 aromatic carbocycles. The van der Waals surface area contributed by atoms with Crippen LogP contribution in [0.4, 0.5) is 0 Å². The molecule has 0 bridgehead atoms. The van der Waals surface area contributed by atoms with Crippen LogP contribution in [0.5, 0.6) is 0 Å². The van der Waals surface area contributed by atoms with Gasteiger partial charge in [-0.1, -0.05) is 18.2 Å². The molecule has 21 heavy (non-hydrogen) atoms. The highest BCUT2D eigenvalue weighted by molar-refractivity contribution is 6.44. The van der Waals surface area contributed by atoms with Crippen LogP contribution in [0, 0.1) is 0 Å². The smallest absolute Gasteiger partial charge is 0.292 e. The summed E-state index contributed by atoms with van der Waals surface area (Å²) in [6.45, 7) is 0.412. The number of pyridine rings is 1. The first-order chi connectivity index (χ1) is 10.1. The largest absolute Gasteiger partial charge is 0.370 e. The van der Waals surface area contributed by atoms with E-state index in [1.807, 2.05) is 6.07 Å². The summed E-state index contributed by atoms with van der Waals surface area (Å²) in [7, 11) is 0. The molecule has 108 valence electrons. The van der Waals surface area contributed by atoms with E-state index in [1.54, 1.807) is 30.6 Å². The minimum Gasteiger partial charge on any atom is -0.370 e. The van der Waals surface area contributed by atoms with Gasteiger partial charge in [0.1, 0.15) is 0 Å². The van der Waals surface area contributed by atoms with Crippen molar-refractivity contribution < 1.29 is 9.59 Å². The second-order valence-electron chi connectivity index (χ2n) is 4.29. The minimum absolute atomic E-state index is 0.0582. The highest BCUT2D eigenvalue weighted by Gasteiger charge is 2.17. The van der Waals surface area contributed by atoms with Crippen LogP contribution in [-0.2, 0) is 4.79 Å². The summed E-state index contributed by atoms with van der Waals surface area (Å²) >= 11 is 0. The zero-order valence-electron chi connectivity index (χ0n) is 11.2.